The van der Waals surface area contributed by atoms with Crippen molar-refractivity contribution in [3.05, 3.63) is 105 Å². The molecule has 0 saturated heterocycles. The summed E-state index contributed by atoms with van der Waals surface area (Å²) in [6, 6.07) is 20.8. The monoisotopic (exact) mass is 484 g/mol. The van der Waals surface area contributed by atoms with Gasteiger partial charge in [-0.25, -0.2) is 0 Å². The van der Waals surface area contributed by atoms with Gasteiger partial charge in [-0.05, 0) is 53.9 Å². The van der Waals surface area contributed by atoms with E-state index >= 15 is 0 Å². The number of carbonyl (C=O) groups excluding carboxylic acids is 2. The van der Waals surface area contributed by atoms with Gasteiger partial charge in [-0.1, -0.05) is 36.4 Å². The van der Waals surface area contributed by atoms with Crippen LogP contribution in [0.4, 0.5) is 0 Å². The van der Waals surface area contributed by atoms with E-state index in [2.05, 4.69) is 0 Å². The number of methoxy groups -OCH3 is 1. The molecule has 0 bridgehead atoms. The average Bonchev–Trinajstić information content (AvgIpc) is 3.18. The molecule has 2 amide bonds. The highest BCUT2D eigenvalue weighted by Gasteiger charge is 2.42. The summed E-state index contributed by atoms with van der Waals surface area (Å²) in [7, 11) is 1.61. The molecule has 8 heteroatoms. The van der Waals surface area contributed by atoms with E-state index in [1.165, 1.54) is 0 Å². The highest BCUT2D eigenvalue weighted by atomic mass is 16.5. The van der Waals surface area contributed by atoms with Crippen LogP contribution in [0, 0.1) is 0 Å². The standard InChI is InChI=1S/C28H24N2O6/c1-34-19-10-6-17(7-11-19)14-15-30-25(18-8-12-20(13-9-18)35-16-23(29)31)24-26(32)21-4-2-3-5-22(21)36-27(24)28(30)33/h2-13,25H,14-16H2,1H3,(H2,29,31). The number of hydrogen-bond acceptors (Lipinski definition) is 6. The summed E-state index contributed by atoms with van der Waals surface area (Å²) in [6.07, 6.45) is 0.577. The van der Waals surface area contributed by atoms with Crippen molar-refractivity contribution in [1.29, 1.82) is 0 Å². The third-order valence-corrected chi connectivity index (χ3v) is 6.25. The van der Waals surface area contributed by atoms with Crippen LogP contribution in [-0.2, 0) is 11.2 Å². The zero-order valence-electron chi connectivity index (χ0n) is 19.6. The molecular weight excluding hydrogens is 460 g/mol. The van der Waals surface area contributed by atoms with Gasteiger partial charge in [-0.2, -0.15) is 0 Å². The maximum absolute atomic E-state index is 13.6. The van der Waals surface area contributed by atoms with Crippen molar-refractivity contribution in [3.63, 3.8) is 0 Å². The van der Waals surface area contributed by atoms with E-state index in [9.17, 15) is 14.4 Å². The van der Waals surface area contributed by atoms with Gasteiger partial charge in [0.25, 0.3) is 11.8 Å². The van der Waals surface area contributed by atoms with Crippen LogP contribution in [0.25, 0.3) is 11.0 Å². The van der Waals surface area contributed by atoms with E-state index in [4.69, 9.17) is 19.6 Å². The van der Waals surface area contributed by atoms with Crippen molar-refractivity contribution in [1.82, 2.24) is 4.90 Å². The topological polar surface area (TPSA) is 112 Å². The predicted molar refractivity (Wildman–Crippen MR) is 133 cm³/mol. The quantitative estimate of drug-likeness (QED) is 0.410. The first-order valence-corrected chi connectivity index (χ1v) is 11.5. The Bertz CT molecular complexity index is 1490. The van der Waals surface area contributed by atoms with Crippen LogP contribution in [0.1, 0.15) is 33.3 Å². The van der Waals surface area contributed by atoms with E-state index in [0.29, 0.717) is 35.2 Å². The molecule has 182 valence electrons. The van der Waals surface area contributed by atoms with Gasteiger partial charge in [0, 0.05) is 6.54 Å². The number of nitrogens with two attached hydrogens (primary N) is 1. The van der Waals surface area contributed by atoms with Crippen molar-refractivity contribution in [3.8, 4) is 11.5 Å². The van der Waals surface area contributed by atoms with Crippen LogP contribution in [0.3, 0.4) is 0 Å². The van der Waals surface area contributed by atoms with E-state index < -0.39 is 11.9 Å². The third-order valence-electron chi connectivity index (χ3n) is 6.25. The summed E-state index contributed by atoms with van der Waals surface area (Å²) >= 11 is 0. The first-order valence-electron chi connectivity index (χ1n) is 11.5. The Labute approximate surface area is 206 Å². The molecule has 1 aliphatic heterocycles. The van der Waals surface area contributed by atoms with Crippen LogP contribution in [0.5, 0.6) is 11.5 Å². The fourth-order valence-electron chi connectivity index (χ4n) is 4.49. The molecule has 0 radical (unpaired) electrons. The predicted octanol–water partition coefficient (Wildman–Crippen LogP) is 3.45. The van der Waals surface area contributed by atoms with Gasteiger partial charge in [0.2, 0.25) is 5.76 Å². The van der Waals surface area contributed by atoms with Crippen molar-refractivity contribution in [2.75, 3.05) is 20.3 Å². The summed E-state index contributed by atoms with van der Waals surface area (Å²) in [5, 5.41) is 0.424. The number of benzene rings is 3. The number of hydrogen-bond donors (Lipinski definition) is 1. The van der Waals surface area contributed by atoms with Crippen LogP contribution in [0.15, 0.2) is 82.0 Å². The van der Waals surface area contributed by atoms with Crippen LogP contribution >= 0.6 is 0 Å². The van der Waals surface area contributed by atoms with Crippen LogP contribution < -0.4 is 20.6 Å². The van der Waals surface area contributed by atoms with Gasteiger partial charge in [0.15, 0.2) is 12.0 Å². The number of rotatable bonds is 8. The second kappa shape index (κ2) is 9.58. The highest BCUT2D eigenvalue weighted by Crippen LogP contribution is 2.38. The summed E-state index contributed by atoms with van der Waals surface area (Å²) in [5.74, 6) is 0.357. The molecule has 1 unspecified atom stereocenters. The summed E-state index contributed by atoms with van der Waals surface area (Å²) in [4.78, 5) is 39.8. The normalized spacial score (nSPS) is 14.6. The number of fused-ring (bicyclic) bond motifs is 2. The summed E-state index contributed by atoms with van der Waals surface area (Å²) in [6.45, 7) is 0.128. The number of primary amides is 1. The fourth-order valence-corrected chi connectivity index (χ4v) is 4.49. The minimum atomic E-state index is -0.628. The number of para-hydroxylation sites is 1. The Kier molecular flexibility index (Phi) is 6.16. The molecule has 4 aromatic rings. The van der Waals surface area contributed by atoms with Crippen LogP contribution in [-0.4, -0.2) is 37.0 Å². The van der Waals surface area contributed by atoms with E-state index in [1.54, 1.807) is 60.5 Å². The molecule has 0 spiro atoms. The van der Waals surface area contributed by atoms with Gasteiger partial charge >= 0.3 is 0 Å². The lowest BCUT2D eigenvalue weighted by Gasteiger charge is -2.25. The summed E-state index contributed by atoms with van der Waals surface area (Å²) < 4.78 is 16.6. The second-order valence-corrected chi connectivity index (χ2v) is 8.49. The average molecular weight is 485 g/mol. The SMILES string of the molecule is COc1ccc(CCN2C(=O)c3oc4ccccc4c(=O)c3C2c2ccc(OCC(N)=O)cc2)cc1. The minimum absolute atomic E-state index is 0.0625. The van der Waals surface area contributed by atoms with Crippen molar-refractivity contribution < 1.29 is 23.5 Å². The van der Waals surface area contributed by atoms with E-state index in [0.717, 1.165) is 16.9 Å². The fraction of sp³-hybridized carbons (Fsp3) is 0.179. The first-order chi connectivity index (χ1) is 17.5. The molecule has 1 atom stereocenters. The lowest BCUT2D eigenvalue weighted by molar-refractivity contribution is -0.119. The van der Waals surface area contributed by atoms with Gasteiger partial charge in [-0.15, -0.1) is 0 Å². The highest BCUT2D eigenvalue weighted by molar-refractivity contribution is 5.99. The van der Waals surface area contributed by atoms with Gasteiger partial charge < -0.3 is 24.5 Å². The Morgan fingerprint density at radius 3 is 2.36 bits per heavy atom. The van der Waals surface area contributed by atoms with E-state index in [-0.39, 0.29) is 23.7 Å². The van der Waals surface area contributed by atoms with Crippen molar-refractivity contribution >= 4 is 22.8 Å². The van der Waals surface area contributed by atoms with E-state index in [1.807, 2.05) is 24.3 Å². The van der Waals surface area contributed by atoms with Crippen LogP contribution in [0.2, 0.25) is 0 Å². The van der Waals surface area contributed by atoms with Crippen molar-refractivity contribution in [2.45, 2.75) is 12.5 Å². The Balaban J connectivity index is 1.53. The number of amides is 2. The lowest BCUT2D eigenvalue weighted by Crippen LogP contribution is -2.31. The maximum Gasteiger partial charge on any atom is 0.290 e. The molecule has 8 nitrogen and oxygen atoms in total. The molecular formula is C28H24N2O6. The van der Waals surface area contributed by atoms with Gasteiger partial charge in [0.1, 0.15) is 17.1 Å². The number of nitrogens with zero attached hydrogens (tertiary/aromatic N) is 1. The van der Waals surface area contributed by atoms with Gasteiger partial charge in [-0.3, -0.25) is 14.4 Å². The Morgan fingerprint density at radius 1 is 0.972 bits per heavy atom. The molecule has 36 heavy (non-hydrogen) atoms. The molecule has 0 saturated carbocycles. The Hall–Kier alpha value is -4.59. The molecule has 2 N–H and O–H groups in total. The molecule has 5 rings (SSSR count). The molecule has 0 aliphatic carbocycles. The molecule has 0 fully saturated rings. The van der Waals surface area contributed by atoms with Gasteiger partial charge in [0.05, 0.1) is 24.1 Å². The Morgan fingerprint density at radius 2 is 1.67 bits per heavy atom. The number of ether oxygens (including phenoxy) is 2. The molecule has 3 aromatic carbocycles. The lowest BCUT2D eigenvalue weighted by atomic mass is 9.98. The second-order valence-electron chi connectivity index (χ2n) is 8.49. The molecule has 1 aliphatic rings. The molecule has 1 aromatic heterocycles. The largest absolute Gasteiger partial charge is 0.497 e. The maximum atomic E-state index is 13.6. The number of carbonyl (C=O) groups is 2. The first kappa shape index (κ1) is 23.2. The zero-order chi connectivity index (χ0) is 25.2. The zero-order valence-corrected chi connectivity index (χ0v) is 19.6. The minimum Gasteiger partial charge on any atom is -0.497 e. The van der Waals surface area contributed by atoms with Crippen molar-refractivity contribution in [2.24, 2.45) is 5.73 Å². The third kappa shape index (κ3) is 4.29. The smallest absolute Gasteiger partial charge is 0.290 e. The summed E-state index contributed by atoms with van der Waals surface area (Å²) in [5.41, 5.74) is 7.37. The molecule has 2 heterocycles.